The summed E-state index contributed by atoms with van der Waals surface area (Å²) in [5.41, 5.74) is 0.911. The van der Waals surface area contributed by atoms with Crippen LogP contribution < -0.4 is 10.6 Å². The van der Waals surface area contributed by atoms with Crippen molar-refractivity contribution in [2.45, 2.75) is 0 Å². The van der Waals surface area contributed by atoms with Crippen molar-refractivity contribution in [3.63, 3.8) is 0 Å². The van der Waals surface area contributed by atoms with Gasteiger partial charge in [0, 0.05) is 11.6 Å². The molecule has 0 atom stereocenters. The lowest BCUT2D eigenvalue weighted by atomic mass is 10.3. The number of halogens is 1. The summed E-state index contributed by atoms with van der Waals surface area (Å²) in [7, 11) is 0. The maximum atomic E-state index is 5.91. The Morgan fingerprint density at radius 1 is 1.59 bits per heavy atom. The Labute approximate surface area is 114 Å². The molecule has 1 heterocycles. The molecular formula is C11H10ClN3S2. The van der Waals surface area contributed by atoms with Gasteiger partial charge in [-0.1, -0.05) is 29.0 Å². The monoisotopic (exact) mass is 283 g/mol. The number of anilines is 1. The van der Waals surface area contributed by atoms with Gasteiger partial charge in [0.25, 0.3) is 0 Å². The maximum absolute atomic E-state index is 5.91. The third kappa shape index (κ3) is 3.15. The second-order valence-electron chi connectivity index (χ2n) is 3.25. The average molecular weight is 284 g/mol. The van der Waals surface area contributed by atoms with Gasteiger partial charge in [-0.15, -0.1) is 6.58 Å². The van der Waals surface area contributed by atoms with Crippen molar-refractivity contribution in [2.24, 2.45) is 0 Å². The first kappa shape index (κ1) is 12.3. The van der Waals surface area contributed by atoms with Crippen LogP contribution in [0.2, 0.25) is 5.02 Å². The Morgan fingerprint density at radius 2 is 2.41 bits per heavy atom. The summed E-state index contributed by atoms with van der Waals surface area (Å²) in [6.45, 7) is 4.23. The van der Waals surface area contributed by atoms with Gasteiger partial charge in [0.2, 0.25) is 0 Å². The van der Waals surface area contributed by atoms with Crippen molar-refractivity contribution in [1.82, 2.24) is 10.3 Å². The van der Waals surface area contributed by atoms with Gasteiger partial charge in [-0.25, -0.2) is 4.98 Å². The zero-order valence-electron chi connectivity index (χ0n) is 8.87. The highest BCUT2D eigenvalue weighted by molar-refractivity contribution is 7.80. The van der Waals surface area contributed by atoms with Crippen molar-refractivity contribution in [3.05, 3.63) is 35.9 Å². The molecule has 6 heteroatoms. The number of nitrogens with zero attached hydrogens (tertiary/aromatic N) is 1. The number of hydrogen-bond donors (Lipinski definition) is 2. The van der Waals surface area contributed by atoms with E-state index in [1.807, 2.05) is 18.2 Å². The molecule has 0 radical (unpaired) electrons. The Bertz CT molecular complexity index is 565. The average Bonchev–Trinajstić information content (AvgIpc) is 2.67. The van der Waals surface area contributed by atoms with Crippen molar-refractivity contribution in [2.75, 3.05) is 11.9 Å². The summed E-state index contributed by atoms with van der Waals surface area (Å²) >= 11 is 12.5. The Kier molecular flexibility index (Phi) is 3.93. The Hall–Kier alpha value is -1.17. The van der Waals surface area contributed by atoms with Gasteiger partial charge in [-0.2, -0.15) is 0 Å². The number of thiazole rings is 1. The number of nitrogens with one attached hydrogen (secondary N) is 2. The Balaban J connectivity index is 2.14. The normalized spacial score (nSPS) is 10.2. The van der Waals surface area contributed by atoms with Crippen molar-refractivity contribution in [1.29, 1.82) is 0 Å². The number of thiocarbonyl (C=S) groups is 1. The molecule has 0 aliphatic carbocycles. The van der Waals surface area contributed by atoms with Crippen LogP contribution in [0.3, 0.4) is 0 Å². The first-order valence-electron chi connectivity index (χ1n) is 4.91. The molecule has 1 aromatic heterocycles. The second kappa shape index (κ2) is 5.44. The summed E-state index contributed by atoms with van der Waals surface area (Å²) in [6.07, 6.45) is 1.74. The number of aromatic nitrogens is 1. The molecule has 0 aliphatic rings. The van der Waals surface area contributed by atoms with E-state index in [0.29, 0.717) is 16.7 Å². The molecule has 0 aliphatic heterocycles. The fraction of sp³-hybridized carbons (Fsp3) is 0.0909. The van der Waals surface area contributed by atoms with Gasteiger partial charge in [0.05, 0.1) is 10.2 Å². The van der Waals surface area contributed by atoms with E-state index in [-0.39, 0.29) is 0 Å². The van der Waals surface area contributed by atoms with Crippen molar-refractivity contribution >= 4 is 55.6 Å². The van der Waals surface area contributed by atoms with Crippen LogP contribution in [0.1, 0.15) is 0 Å². The molecule has 0 amide bonds. The van der Waals surface area contributed by atoms with Crippen LogP contribution in [-0.4, -0.2) is 16.6 Å². The van der Waals surface area contributed by atoms with Gasteiger partial charge < -0.3 is 10.6 Å². The van der Waals surface area contributed by atoms with E-state index in [9.17, 15) is 0 Å². The standard InChI is InChI=1S/C11H10ClN3S2/c1-2-5-13-10(16)15-11-14-8-4-3-7(12)6-9(8)17-11/h2-4,6H,1,5H2,(H2,13,14,15,16). The highest BCUT2D eigenvalue weighted by Gasteiger charge is 2.05. The van der Waals surface area contributed by atoms with E-state index in [0.717, 1.165) is 15.3 Å². The topological polar surface area (TPSA) is 37.0 Å². The van der Waals surface area contributed by atoms with Crippen LogP contribution >= 0.6 is 35.2 Å². The molecule has 88 valence electrons. The summed E-state index contributed by atoms with van der Waals surface area (Å²) in [5.74, 6) is 0. The van der Waals surface area contributed by atoms with E-state index >= 15 is 0 Å². The van der Waals surface area contributed by atoms with Gasteiger partial charge in [0.1, 0.15) is 0 Å². The molecule has 17 heavy (non-hydrogen) atoms. The quantitative estimate of drug-likeness (QED) is 0.668. The zero-order valence-corrected chi connectivity index (χ0v) is 11.3. The molecule has 2 aromatic rings. The highest BCUT2D eigenvalue weighted by Crippen LogP contribution is 2.28. The Morgan fingerprint density at radius 3 is 3.18 bits per heavy atom. The third-order valence-corrected chi connectivity index (χ3v) is 3.39. The minimum atomic E-state index is 0.537. The van der Waals surface area contributed by atoms with Crippen LogP contribution in [0.15, 0.2) is 30.9 Å². The van der Waals surface area contributed by atoms with E-state index in [1.165, 1.54) is 11.3 Å². The van der Waals surface area contributed by atoms with Crippen molar-refractivity contribution in [3.8, 4) is 0 Å². The molecular weight excluding hydrogens is 274 g/mol. The van der Waals surface area contributed by atoms with E-state index in [4.69, 9.17) is 23.8 Å². The van der Waals surface area contributed by atoms with E-state index in [1.54, 1.807) is 6.08 Å². The summed E-state index contributed by atoms with van der Waals surface area (Å²) in [4.78, 5) is 4.40. The summed E-state index contributed by atoms with van der Waals surface area (Å²) < 4.78 is 1.03. The molecule has 0 bridgehead atoms. The summed E-state index contributed by atoms with van der Waals surface area (Å²) in [5, 5.41) is 8.00. The first-order chi connectivity index (χ1) is 8.19. The van der Waals surface area contributed by atoms with E-state index in [2.05, 4.69) is 22.2 Å². The summed E-state index contributed by atoms with van der Waals surface area (Å²) in [6, 6.07) is 5.60. The maximum Gasteiger partial charge on any atom is 0.190 e. The molecule has 0 saturated carbocycles. The third-order valence-electron chi connectivity index (χ3n) is 1.98. The zero-order chi connectivity index (χ0) is 12.3. The SMILES string of the molecule is C=CCNC(=S)Nc1nc2ccc(Cl)cc2s1. The lowest BCUT2D eigenvalue weighted by Gasteiger charge is -2.04. The van der Waals surface area contributed by atoms with Crippen LogP contribution in [0.5, 0.6) is 0 Å². The molecule has 0 unspecified atom stereocenters. The van der Waals surface area contributed by atoms with Gasteiger partial charge in [-0.05, 0) is 30.4 Å². The minimum Gasteiger partial charge on any atom is -0.359 e. The van der Waals surface area contributed by atoms with Crippen LogP contribution in [-0.2, 0) is 0 Å². The van der Waals surface area contributed by atoms with E-state index < -0.39 is 0 Å². The van der Waals surface area contributed by atoms with Crippen LogP contribution in [0.25, 0.3) is 10.2 Å². The van der Waals surface area contributed by atoms with Crippen LogP contribution in [0, 0.1) is 0 Å². The molecule has 2 rings (SSSR count). The molecule has 0 fully saturated rings. The molecule has 0 spiro atoms. The lowest BCUT2D eigenvalue weighted by molar-refractivity contribution is 1.06. The predicted molar refractivity (Wildman–Crippen MR) is 79.1 cm³/mol. The highest BCUT2D eigenvalue weighted by atomic mass is 35.5. The number of benzene rings is 1. The van der Waals surface area contributed by atoms with Crippen LogP contribution in [0.4, 0.5) is 5.13 Å². The largest absolute Gasteiger partial charge is 0.359 e. The van der Waals surface area contributed by atoms with Gasteiger partial charge in [0.15, 0.2) is 10.2 Å². The lowest BCUT2D eigenvalue weighted by Crippen LogP contribution is -2.28. The number of fused-ring (bicyclic) bond motifs is 1. The molecule has 0 saturated heterocycles. The second-order valence-corrected chi connectivity index (χ2v) is 5.13. The molecule has 3 nitrogen and oxygen atoms in total. The molecule has 2 N–H and O–H groups in total. The van der Waals surface area contributed by atoms with Gasteiger partial charge >= 0.3 is 0 Å². The predicted octanol–water partition coefficient (Wildman–Crippen LogP) is 3.42. The number of hydrogen-bond acceptors (Lipinski definition) is 3. The number of rotatable bonds is 3. The smallest absolute Gasteiger partial charge is 0.190 e. The first-order valence-corrected chi connectivity index (χ1v) is 6.51. The fourth-order valence-electron chi connectivity index (χ4n) is 1.26. The minimum absolute atomic E-state index is 0.537. The fourth-order valence-corrected chi connectivity index (χ4v) is 2.65. The van der Waals surface area contributed by atoms with Gasteiger partial charge in [-0.3, -0.25) is 0 Å². The van der Waals surface area contributed by atoms with Crippen molar-refractivity contribution < 1.29 is 0 Å². The molecule has 1 aromatic carbocycles.